The van der Waals surface area contributed by atoms with E-state index in [9.17, 15) is 23.1 Å². The smallest absolute Gasteiger partial charge is 0.326 e. The second kappa shape index (κ2) is 9.61. The Morgan fingerprint density at radius 1 is 1.31 bits per heavy atom. The molecule has 3 rings (SSSR count). The highest BCUT2D eigenvalue weighted by Crippen LogP contribution is 2.27. The number of nitrogens with two attached hydrogens (primary N) is 2. The predicted octanol–water partition coefficient (Wildman–Crippen LogP) is 0.322. The van der Waals surface area contributed by atoms with Gasteiger partial charge in [-0.05, 0) is 24.3 Å². The molecular formula is C17H19N7O6S2. The van der Waals surface area contributed by atoms with Crippen molar-refractivity contribution < 1.29 is 27.6 Å². The number of anilines is 1. The lowest BCUT2D eigenvalue weighted by atomic mass is 10.1. The number of aliphatic imine (C=N–C) groups is 1. The first-order valence-electron chi connectivity index (χ1n) is 9.08. The average molecular weight is 482 g/mol. The van der Waals surface area contributed by atoms with Crippen LogP contribution in [0.5, 0.6) is 0 Å². The topological polar surface area (TPSA) is 216 Å². The van der Waals surface area contributed by atoms with E-state index in [2.05, 4.69) is 25.2 Å². The van der Waals surface area contributed by atoms with Crippen LogP contribution in [0.1, 0.15) is 22.5 Å². The summed E-state index contributed by atoms with van der Waals surface area (Å²) in [6.45, 7) is 0.202. The lowest BCUT2D eigenvalue weighted by molar-refractivity contribution is -0.139. The van der Waals surface area contributed by atoms with Gasteiger partial charge in [-0.2, -0.15) is 8.42 Å². The number of nitrogens with zero attached hydrogens (tertiary/aromatic N) is 3. The molecule has 0 bridgehead atoms. The minimum Gasteiger partial charge on any atom is -0.480 e. The number of thiophene rings is 1. The van der Waals surface area contributed by atoms with Crippen molar-refractivity contribution in [1.82, 2.24) is 15.5 Å². The summed E-state index contributed by atoms with van der Waals surface area (Å²) in [6, 6.07) is 1.64. The normalized spacial score (nSPS) is 12.2. The summed E-state index contributed by atoms with van der Waals surface area (Å²) in [7, 11) is -4.20. The zero-order chi connectivity index (χ0) is 23.3. The maximum absolute atomic E-state index is 12.8. The van der Waals surface area contributed by atoms with Gasteiger partial charge in [0.05, 0.1) is 17.3 Å². The van der Waals surface area contributed by atoms with Gasteiger partial charge in [-0.15, -0.1) is 11.3 Å². The van der Waals surface area contributed by atoms with Gasteiger partial charge in [0.2, 0.25) is 0 Å². The summed E-state index contributed by atoms with van der Waals surface area (Å²) >= 11 is 0.947. The van der Waals surface area contributed by atoms with E-state index in [1.807, 2.05) is 0 Å². The van der Waals surface area contributed by atoms with E-state index in [0.29, 0.717) is 6.42 Å². The number of carboxylic acids is 1. The molecule has 0 aliphatic heterocycles. The fourth-order valence-corrected chi connectivity index (χ4v) is 4.74. The van der Waals surface area contributed by atoms with Gasteiger partial charge in [0.15, 0.2) is 16.6 Å². The summed E-state index contributed by atoms with van der Waals surface area (Å²) in [5.74, 6) is -2.11. The number of guanidine groups is 1. The van der Waals surface area contributed by atoms with E-state index >= 15 is 0 Å². The molecule has 3 heterocycles. The predicted molar refractivity (Wildman–Crippen MR) is 116 cm³/mol. The molecule has 7 N–H and O–H groups in total. The first-order chi connectivity index (χ1) is 15.2. The van der Waals surface area contributed by atoms with Crippen LogP contribution in [0.2, 0.25) is 0 Å². The molecule has 1 atom stereocenters. The molecule has 0 radical (unpaired) electrons. The van der Waals surface area contributed by atoms with Gasteiger partial charge in [0.25, 0.3) is 15.9 Å². The largest absolute Gasteiger partial charge is 0.480 e. The number of aromatic nitrogens is 2. The van der Waals surface area contributed by atoms with Crippen molar-refractivity contribution in [3.8, 4) is 0 Å². The summed E-state index contributed by atoms with van der Waals surface area (Å²) < 4.78 is 33.0. The van der Waals surface area contributed by atoms with E-state index in [-0.39, 0.29) is 45.5 Å². The number of nitrogens with one attached hydrogen (secondary N) is 2. The zero-order valence-corrected chi connectivity index (χ0v) is 18.0. The quantitative estimate of drug-likeness (QED) is 0.152. The fraction of sp³-hybridized carbons (Fsp3) is 0.235. The van der Waals surface area contributed by atoms with Crippen molar-refractivity contribution in [2.24, 2.45) is 16.5 Å². The highest BCUT2D eigenvalue weighted by atomic mass is 32.2. The third-order valence-corrected chi connectivity index (χ3v) is 6.40. The van der Waals surface area contributed by atoms with Crippen LogP contribution in [0, 0.1) is 0 Å². The third kappa shape index (κ3) is 5.30. The molecule has 0 saturated heterocycles. The molecule has 0 fully saturated rings. The molecule has 0 spiro atoms. The van der Waals surface area contributed by atoms with Crippen LogP contribution < -0.4 is 21.5 Å². The van der Waals surface area contributed by atoms with Crippen LogP contribution in [0.15, 0.2) is 44.4 Å². The lowest BCUT2D eigenvalue weighted by Gasteiger charge is -2.14. The van der Waals surface area contributed by atoms with E-state index in [0.717, 1.165) is 11.3 Å². The zero-order valence-electron chi connectivity index (χ0n) is 16.4. The first-order valence-corrected chi connectivity index (χ1v) is 11.4. The molecule has 1 amide bonds. The van der Waals surface area contributed by atoms with Crippen molar-refractivity contribution in [2.75, 3.05) is 11.3 Å². The second-order valence-electron chi connectivity index (χ2n) is 6.44. The van der Waals surface area contributed by atoms with Crippen molar-refractivity contribution in [3.63, 3.8) is 0 Å². The van der Waals surface area contributed by atoms with E-state index < -0.39 is 27.9 Å². The number of hydrogen-bond donors (Lipinski definition) is 5. The van der Waals surface area contributed by atoms with Crippen molar-refractivity contribution in [3.05, 3.63) is 34.8 Å². The molecule has 0 unspecified atom stereocenters. The Bertz CT molecular complexity index is 1260. The first kappa shape index (κ1) is 23.0. The number of pyridine rings is 1. The van der Waals surface area contributed by atoms with Gasteiger partial charge in [0.1, 0.15) is 10.9 Å². The SMILES string of the molecule is NC(N)=NCCC[C@H](NC(=O)c1sccc1NS(=O)(=O)c1nccc2oncc12)C(=O)O. The number of aliphatic carboxylic acids is 1. The van der Waals surface area contributed by atoms with Crippen LogP contribution in [-0.4, -0.2) is 54.1 Å². The molecule has 0 saturated carbocycles. The molecular weight excluding hydrogens is 462 g/mol. The Morgan fingerprint density at radius 2 is 2.09 bits per heavy atom. The highest BCUT2D eigenvalue weighted by Gasteiger charge is 2.26. The minimum absolute atomic E-state index is 0.0125. The second-order valence-corrected chi connectivity index (χ2v) is 8.95. The Hall–Kier alpha value is -3.72. The third-order valence-electron chi connectivity index (χ3n) is 4.17. The molecule has 3 aromatic rings. The highest BCUT2D eigenvalue weighted by molar-refractivity contribution is 7.92. The van der Waals surface area contributed by atoms with Crippen LogP contribution in [0.25, 0.3) is 11.0 Å². The molecule has 15 heteroatoms. The Balaban J connectivity index is 1.75. The standard InChI is InChI=1S/C17H19N7O6S2/c18-17(19)21-5-1-2-11(16(26)27)23-14(25)13-10(4-7-31-13)24-32(28,29)15-9-8-22-30-12(9)3-6-20-15/h3-4,6-8,11,24H,1-2,5H2,(H,23,25)(H,26,27)(H4,18,19,21)/t11-/m0/s1. The Kier molecular flexibility index (Phi) is 6.89. The lowest BCUT2D eigenvalue weighted by Crippen LogP contribution is -2.40. The van der Waals surface area contributed by atoms with Crippen molar-refractivity contribution in [1.29, 1.82) is 0 Å². The number of sulfonamides is 1. The molecule has 3 aromatic heterocycles. The number of amides is 1. The summed E-state index contributed by atoms with van der Waals surface area (Å²) in [5, 5.41) is 16.7. The van der Waals surface area contributed by atoms with Crippen LogP contribution in [-0.2, 0) is 14.8 Å². The maximum atomic E-state index is 12.8. The van der Waals surface area contributed by atoms with Gasteiger partial charge in [-0.3, -0.25) is 14.5 Å². The number of carbonyl (C=O) groups excluding carboxylic acids is 1. The summed E-state index contributed by atoms with van der Waals surface area (Å²) in [4.78, 5) is 31.8. The van der Waals surface area contributed by atoms with Crippen molar-refractivity contribution >= 4 is 55.9 Å². The van der Waals surface area contributed by atoms with E-state index in [1.54, 1.807) is 0 Å². The molecule has 32 heavy (non-hydrogen) atoms. The van der Waals surface area contributed by atoms with Gasteiger partial charge >= 0.3 is 5.97 Å². The van der Waals surface area contributed by atoms with Crippen LogP contribution >= 0.6 is 11.3 Å². The number of hydrogen-bond acceptors (Lipinski definition) is 9. The molecule has 13 nitrogen and oxygen atoms in total. The van der Waals surface area contributed by atoms with Crippen LogP contribution in [0.3, 0.4) is 0 Å². The minimum atomic E-state index is -4.20. The Labute approximate surface area is 185 Å². The average Bonchev–Trinajstić information content (AvgIpc) is 3.38. The number of carbonyl (C=O) groups is 2. The molecule has 0 aliphatic rings. The fourth-order valence-electron chi connectivity index (χ4n) is 2.73. The monoisotopic (exact) mass is 481 g/mol. The number of carboxylic acid groups (broad SMARTS) is 1. The van der Waals surface area contributed by atoms with E-state index in [1.165, 1.54) is 29.9 Å². The Morgan fingerprint density at radius 3 is 2.81 bits per heavy atom. The van der Waals surface area contributed by atoms with Crippen LogP contribution in [0.4, 0.5) is 5.69 Å². The van der Waals surface area contributed by atoms with Gasteiger partial charge in [-0.25, -0.2) is 9.78 Å². The van der Waals surface area contributed by atoms with Gasteiger partial charge < -0.3 is 26.4 Å². The van der Waals surface area contributed by atoms with Crippen molar-refractivity contribution in [2.45, 2.75) is 23.9 Å². The number of fused-ring (bicyclic) bond motifs is 1. The van der Waals surface area contributed by atoms with E-state index in [4.69, 9.17) is 16.0 Å². The van der Waals surface area contributed by atoms with Gasteiger partial charge in [0, 0.05) is 18.8 Å². The number of rotatable bonds is 10. The maximum Gasteiger partial charge on any atom is 0.326 e. The summed E-state index contributed by atoms with van der Waals surface area (Å²) in [6.07, 6.45) is 2.86. The summed E-state index contributed by atoms with van der Waals surface area (Å²) in [5.41, 5.74) is 10.7. The molecule has 0 aliphatic carbocycles. The van der Waals surface area contributed by atoms with Gasteiger partial charge in [-0.1, -0.05) is 5.16 Å². The molecule has 0 aromatic carbocycles. The molecule has 170 valence electrons.